The first-order valence-electron chi connectivity index (χ1n) is 5.74. The maximum absolute atomic E-state index is 12.9. The van der Waals surface area contributed by atoms with Crippen LogP contribution in [0.25, 0.3) is 0 Å². The van der Waals surface area contributed by atoms with Crippen LogP contribution >= 0.6 is 23.2 Å². The Bertz CT molecular complexity index is 671. The summed E-state index contributed by atoms with van der Waals surface area (Å²) >= 11 is 11.7. The van der Waals surface area contributed by atoms with Crippen LogP contribution in [-0.4, -0.2) is 5.78 Å². The van der Waals surface area contributed by atoms with Crippen molar-refractivity contribution in [3.63, 3.8) is 0 Å². The van der Waals surface area contributed by atoms with E-state index in [4.69, 9.17) is 23.2 Å². The number of carbonyl (C=O) groups is 1. The molecule has 0 saturated carbocycles. The van der Waals surface area contributed by atoms with Crippen LogP contribution in [0, 0.1) is 5.82 Å². The first-order chi connectivity index (χ1) is 9.56. The number of hydrogen-bond acceptors (Lipinski definition) is 2. The van der Waals surface area contributed by atoms with Gasteiger partial charge in [0.15, 0.2) is 5.78 Å². The SMILES string of the molecule is O=C(C=CNc1cccc(F)c1)c1ccc(Cl)cc1Cl. The molecule has 1 N–H and O–H groups in total. The molecule has 102 valence electrons. The highest BCUT2D eigenvalue weighted by molar-refractivity contribution is 6.37. The van der Waals surface area contributed by atoms with E-state index < -0.39 is 0 Å². The topological polar surface area (TPSA) is 29.1 Å². The van der Waals surface area contributed by atoms with Crippen LogP contribution < -0.4 is 5.32 Å². The van der Waals surface area contributed by atoms with Gasteiger partial charge in [0.1, 0.15) is 5.82 Å². The second-order valence-electron chi connectivity index (χ2n) is 3.98. The van der Waals surface area contributed by atoms with Crippen molar-refractivity contribution in [1.29, 1.82) is 0 Å². The fraction of sp³-hybridized carbons (Fsp3) is 0. The first-order valence-corrected chi connectivity index (χ1v) is 6.50. The minimum absolute atomic E-state index is 0.268. The van der Waals surface area contributed by atoms with Crippen LogP contribution in [0.2, 0.25) is 10.0 Å². The Morgan fingerprint density at radius 2 is 1.95 bits per heavy atom. The molecular formula is C15H10Cl2FNO. The van der Waals surface area contributed by atoms with Gasteiger partial charge in [0.25, 0.3) is 0 Å². The van der Waals surface area contributed by atoms with Crippen LogP contribution in [0.4, 0.5) is 10.1 Å². The van der Waals surface area contributed by atoms with E-state index in [2.05, 4.69) is 5.32 Å². The number of hydrogen-bond donors (Lipinski definition) is 1. The lowest BCUT2D eigenvalue weighted by Gasteiger charge is -2.02. The van der Waals surface area contributed by atoms with E-state index in [-0.39, 0.29) is 16.6 Å². The smallest absolute Gasteiger partial charge is 0.188 e. The zero-order valence-electron chi connectivity index (χ0n) is 10.2. The van der Waals surface area contributed by atoms with Crippen molar-refractivity contribution in [2.45, 2.75) is 0 Å². The predicted molar refractivity (Wildman–Crippen MR) is 80.0 cm³/mol. The molecule has 2 nitrogen and oxygen atoms in total. The molecule has 0 fully saturated rings. The van der Waals surface area contributed by atoms with E-state index in [1.165, 1.54) is 30.5 Å². The van der Waals surface area contributed by atoms with Crippen LogP contribution in [0.15, 0.2) is 54.7 Å². The van der Waals surface area contributed by atoms with Gasteiger partial charge in [-0.2, -0.15) is 0 Å². The molecule has 0 spiro atoms. The predicted octanol–water partition coefficient (Wildman–Crippen LogP) is 4.94. The summed E-state index contributed by atoms with van der Waals surface area (Å²) in [6.45, 7) is 0. The molecule has 0 unspecified atom stereocenters. The number of allylic oxidation sites excluding steroid dienone is 1. The summed E-state index contributed by atoms with van der Waals surface area (Å²) in [5, 5.41) is 3.56. The molecule has 0 aliphatic heterocycles. The molecule has 20 heavy (non-hydrogen) atoms. The van der Waals surface area contributed by atoms with Gasteiger partial charge in [-0.15, -0.1) is 0 Å². The Balaban J connectivity index is 2.06. The van der Waals surface area contributed by atoms with Gasteiger partial charge in [0.2, 0.25) is 0 Å². The van der Waals surface area contributed by atoms with Crippen molar-refractivity contribution < 1.29 is 9.18 Å². The number of carbonyl (C=O) groups excluding carboxylic acids is 1. The normalized spacial score (nSPS) is 10.8. The Kier molecular flexibility index (Phi) is 4.77. The lowest BCUT2D eigenvalue weighted by Crippen LogP contribution is -1.97. The van der Waals surface area contributed by atoms with E-state index in [0.717, 1.165) is 0 Å². The Morgan fingerprint density at radius 1 is 1.15 bits per heavy atom. The van der Waals surface area contributed by atoms with Crippen molar-refractivity contribution in [3.05, 3.63) is 76.2 Å². The standard InChI is InChI=1S/C15H10Cl2FNO/c16-10-4-5-13(14(17)8-10)15(20)6-7-19-12-3-1-2-11(18)9-12/h1-9,19H. The summed E-state index contributed by atoms with van der Waals surface area (Å²) in [4.78, 5) is 11.9. The molecule has 2 aromatic carbocycles. The van der Waals surface area contributed by atoms with Gasteiger partial charge in [-0.25, -0.2) is 4.39 Å². The molecule has 0 saturated heterocycles. The first kappa shape index (κ1) is 14.6. The monoisotopic (exact) mass is 309 g/mol. The average Bonchev–Trinajstić information content (AvgIpc) is 2.38. The molecule has 0 aliphatic carbocycles. The molecule has 0 aromatic heterocycles. The highest BCUT2D eigenvalue weighted by Crippen LogP contribution is 2.21. The molecule has 0 amide bonds. The van der Waals surface area contributed by atoms with Crippen LogP contribution in [-0.2, 0) is 0 Å². The van der Waals surface area contributed by atoms with Gasteiger partial charge in [0.05, 0.1) is 5.02 Å². The van der Waals surface area contributed by atoms with Gasteiger partial charge in [-0.05, 0) is 36.4 Å². The fourth-order valence-corrected chi connectivity index (χ4v) is 2.07. The number of nitrogens with one attached hydrogen (secondary N) is 1. The molecule has 0 radical (unpaired) electrons. The molecule has 0 atom stereocenters. The van der Waals surface area contributed by atoms with Crippen LogP contribution in [0.3, 0.4) is 0 Å². The summed E-state index contributed by atoms with van der Waals surface area (Å²) in [7, 11) is 0. The number of halogens is 3. The van der Waals surface area contributed by atoms with Crippen molar-refractivity contribution in [3.8, 4) is 0 Å². The molecule has 0 bridgehead atoms. The minimum atomic E-state index is -0.351. The number of rotatable bonds is 4. The highest BCUT2D eigenvalue weighted by Gasteiger charge is 2.07. The zero-order chi connectivity index (χ0) is 14.5. The summed E-state index contributed by atoms with van der Waals surface area (Å²) < 4.78 is 12.9. The van der Waals surface area contributed by atoms with Gasteiger partial charge in [-0.3, -0.25) is 4.79 Å². The fourth-order valence-electron chi connectivity index (χ4n) is 1.57. The van der Waals surface area contributed by atoms with Crippen molar-refractivity contribution >= 4 is 34.7 Å². The average molecular weight is 310 g/mol. The lowest BCUT2D eigenvalue weighted by molar-refractivity contribution is 0.104. The van der Waals surface area contributed by atoms with E-state index in [9.17, 15) is 9.18 Å². The number of benzene rings is 2. The van der Waals surface area contributed by atoms with Gasteiger partial charge >= 0.3 is 0 Å². The number of ketones is 1. The molecule has 0 heterocycles. The summed E-state index contributed by atoms with van der Waals surface area (Å²) in [5.74, 6) is -0.619. The Hall–Kier alpha value is -1.84. The molecule has 0 aliphatic rings. The lowest BCUT2D eigenvalue weighted by atomic mass is 10.1. The Morgan fingerprint density at radius 3 is 2.65 bits per heavy atom. The van der Waals surface area contributed by atoms with E-state index >= 15 is 0 Å². The summed E-state index contributed by atoms with van der Waals surface area (Å²) in [6, 6.07) is 10.6. The highest BCUT2D eigenvalue weighted by atomic mass is 35.5. The third-order valence-electron chi connectivity index (χ3n) is 2.51. The van der Waals surface area contributed by atoms with Gasteiger partial charge in [0, 0.05) is 28.5 Å². The second-order valence-corrected chi connectivity index (χ2v) is 4.82. The third kappa shape index (κ3) is 3.83. The second kappa shape index (κ2) is 6.55. The summed E-state index contributed by atoms with van der Waals surface area (Å²) in [6.07, 6.45) is 2.75. The van der Waals surface area contributed by atoms with E-state index in [1.807, 2.05) is 0 Å². The van der Waals surface area contributed by atoms with Crippen molar-refractivity contribution in [1.82, 2.24) is 0 Å². The molecular weight excluding hydrogens is 300 g/mol. The number of anilines is 1. The van der Waals surface area contributed by atoms with Crippen molar-refractivity contribution in [2.75, 3.05) is 5.32 Å². The minimum Gasteiger partial charge on any atom is -0.361 e. The van der Waals surface area contributed by atoms with Crippen LogP contribution in [0.1, 0.15) is 10.4 Å². The summed E-state index contributed by atoms with van der Waals surface area (Å²) in [5.41, 5.74) is 0.907. The van der Waals surface area contributed by atoms with Gasteiger partial charge in [-0.1, -0.05) is 29.3 Å². The van der Waals surface area contributed by atoms with E-state index in [1.54, 1.807) is 24.3 Å². The largest absolute Gasteiger partial charge is 0.361 e. The maximum Gasteiger partial charge on any atom is 0.188 e. The molecule has 5 heteroatoms. The Labute approximate surface area is 125 Å². The van der Waals surface area contributed by atoms with Crippen molar-refractivity contribution in [2.24, 2.45) is 0 Å². The van der Waals surface area contributed by atoms with Gasteiger partial charge < -0.3 is 5.32 Å². The maximum atomic E-state index is 12.9. The third-order valence-corrected chi connectivity index (χ3v) is 3.05. The quantitative estimate of drug-likeness (QED) is 0.640. The molecule has 2 aromatic rings. The van der Waals surface area contributed by atoms with E-state index in [0.29, 0.717) is 16.3 Å². The van der Waals surface area contributed by atoms with Crippen LogP contribution in [0.5, 0.6) is 0 Å². The zero-order valence-corrected chi connectivity index (χ0v) is 11.8. The molecule has 2 rings (SSSR count).